The highest BCUT2D eigenvalue weighted by atomic mass is 19.2. The first-order chi connectivity index (χ1) is 22.6. The summed E-state index contributed by atoms with van der Waals surface area (Å²) < 4.78 is 158. The van der Waals surface area contributed by atoms with E-state index < -0.39 is 117 Å². The molecule has 0 fully saturated rings. The van der Waals surface area contributed by atoms with Gasteiger partial charge in [-0.15, -0.1) is 0 Å². The molecule has 0 saturated carbocycles. The van der Waals surface area contributed by atoms with E-state index in [-0.39, 0.29) is 0 Å². The summed E-state index contributed by atoms with van der Waals surface area (Å²) in [7, 11) is 0. The summed E-state index contributed by atoms with van der Waals surface area (Å²) >= 11 is 0. The van der Waals surface area contributed by atoms with Crippen LogP contribution in [0, 0.1) is 58.2 Å². The predicted octanol–water partition coefficient (Wildman–Crippen LogP) is 6.04. The minimum Gasteiger partial charge on any atom is -0.442 e. The quantitative estimate of drug-likeness (QED) is 0.0689. The zero-order valence-electron chi connectivity index (χ0n) is 23.0. The van der Waals surface area contributed by atoms with E-state index in [0.717, 1.165) is 24.3 Å². The van der Waals surface area contributed by atoms with Crippen LogP contribution < -0.4 is 9.47 Å². The molecule has 4 aromatic rings. The highest BCUT2D eigenvalue weighted by molar-refractivity contribution is 5.96. The lowest BCUT2D eigenvalue weighted by atomic mass is 10.1. The molecule has 4 aromatic carbocycles. The van der Waals surface area contributed by atoms with Crippen LogP contribution in [0.1, 0.15) is 20.7 Å². The topological polar surface area (TPSA) is 105 Å². The van der Waals surface area contributed by atoms with Crippen LogP contribution in [-0.2, 0) is 19.1 Å². The molecule has 18 heteroatoms. The largest absolute Gasteiger partial charge is 0.442 e. The molecular formula is C30H12F10O8. The van der Waals surface area contributed by atoms with E-state index >= 15 is 0 Å². The van der Waals surface area contributed by atoms with E-state index in [4.69, 9.17) is 9.47 Å². The van der Waals surface area contributed by atoms with Crippen LogP contribution in [0.25, 0.3) is 0 Å². The Hall–Kier alpha value is -5.94. The molecule has 0 bridgehead atoms. The second-order valence-electron chi connectivity index (χ2n) is 9.02. The maximum atomic E-state index is 14.4. The fraction of sp³-hybridized carbons (Fsp3) is 0.0667. The van der Waals surface area contributed by atoms with Crippen molar-refractivity contribution in [2.75, 3.05) is 0 Å². The number of carbonyl (C=O) groups excluding carboxylic acids is 4. The van der Waals surface area contributed by atoms with Crippen LogP contribution in [0.15, 0.2) is 60.7 Å². The van der Waals surface area contributed by atoms with Gasteiger partial charge in [-0.2, -0.15) is 17.6 Å². The van der Waals surface area contributed by atoms with Gasteiger partial charge in [0.1, 0.15) is 0 Å². The summed E-state index contributed by atoms with van der Waals surface area (Å²) in [5.74, 6) is -39.7. The Balaban J connectivity index is 1.85. The van der Waals surface area contributed by atoms with Crippen LogP contribution in [0.5, 0.6) is 11.5 Å². The highest BCUT2D eigenvalue weighted by Crippen LogP contribution is 2.32. The zero-order valence-corrected chi connectivity index (χ0v) is 23.0. The van der Waals surface area contributed by atoms with Gasteiger partial charge in [0.15, 0.2) is 0 Å². The Labute approximate surface area is 260 Å². The number of esters is 4. The van der Waals surface area contributed by atoms with Crippen LogP contribution in [-0.4, -0.2) is 36.1 Å². The van der Waals surface area contributed by atoms with Crippen molar-refractivity contribution in [3.05, 3.63) is 130 Å². The van der Waals surface area contributed by atoms with Crippen molar-refractivity contribution in [2.24, 2.45) is 0 Å². The minimum absolute atomic E-state index is 0.465. The Bertz CT molecular complexity index is 1730. The van der Waals surface area contributed by atoms with E-state index in [1.165, 1.54) is 36.4 Å². The first-order valence-electron chi connectivity index (χ1n) is 12.6. The number of carbonyl (C=O) groups is 4. The molecule has 8 nitrogen and oxygen atoms in total. The first-order valence-corrected chi connectivity index (χ1v) is 12.6. The molecule has 0 aliphatic heterocycles. The SMILES string of the molecule is O=C(OC(C(=O)Oc1c(F)c(F)c(F)c(F)c1F)C(OC(=O)c1ccccc1)C(=O)Oc1c(F)c(F)c(F)c(F)c1F)c1ccccc1. The molecule has 0 radical (unpaired) electrons. The van der Waals surface area contributed by atoms with Gasteiger partial charge in [-0.1, -0.05) is 36.4 Å². The van der Waals surface area contributed by atoms with E-state index in [0.29, 0.717) is 0 Å². The van der Waals surface area contributed by atoms with Crippen molar-refractivity contribution in [3.63, 3.8) is 0 Å². The second kappa shape index (κ2) is 14.2. The van der Waals surface area contributed by atoms with Gasteiger partial charge in [-0.05, 0) is 24.3 Å². The molecule has 0 aromatic heterocycles. The third kappa shape index (κ3) is 6.91. The predicted molar refractivity (Wildman–Crippen MR) is 135 cm³/mol. The van der Waals surface area contributed by atoms with Gasteiger partial charge in [-0.25, -0.2) is 45.5 Å². The number of rotatable bonds is 9. The lowest BCUT2D eigenvalue weighted by Gasteiger charge is -2.24. The Morgan fingerprint density at radius 1 is 0.396 bits per heavy atom. The lowest BCUT2D eigenvalue weighted by molar-refractivity contribution is -0.164. The molecule has 0 amide bonds. The molecule has 0 aliphatic carbocycles. The van der Waals surface area contributed by atoms with Gasteiger partial charge in [0.05, 0.1) is 11.1 Å². The average molecular weight is 690 g/mol. The molecule has 2 unspecified atom stereocenters. The number of halogens is 10. The fourth-order valence-electron chi connectivity index (χ4n) is 3.65. The second-order valence-corrected chi connectivity index (χ2v) is 9.02. The van der Waals surface area contributed by atoms with Crippen LogP contribution >= 0.6 is 0 Å². The molecule has 4 rings (SSSR count). The summed E-state index contributed by atoms with van der Waals surface area (Å²) in [6.07, 6.45) is -6.43. The first kappa shape index (κ1) is 34.9. The highest BCUT2D eigenvalue weighted by Gasteiger charge is 2.45. The summed E-state index contributed by atoms with van der Waals surface area (Å²) in [5.41, 5.74) is -0.930. The molecule has 0 spiro atoms. The molecular weight excluding hydrogens is 678 g/mol. The molecule has 2 atom stereocenters. The third-order valence-electron chi connectivity index (χ3n) is 5.97. The maximum absolute atomic E-state index is 14.4. The van der Waals surface area contributed by atoms with Crippen molar-refractivity contribution in [2.45, 2.75) is 12.2 Å². The standard InChI is InChI=1S/C30H12F10O8/c31-13-15(33)19(37)23(20(38)16(13)34)45-29(43)25(47-27(41)11-7-3-1-4-8-11)26(48-28(42)12-9-5-2-6-10-12)30(44)46-24-21(39)17(35)14(32)18(36)22(24)40/h1-10,25-26H. The monoisotopic (exact) mass is 690 g/mol. The Kier molecular flexibility index (Phi) is 10.4. The summed E-state index contributed by atoms with van der Waals surface area (Å²) in [6.45, 7) is 0. The summed E-state index contributed by atoms with van der Waals surface area (Å²) in [5, 5.41) is 0. The number of hydrogen-bond acceptors (Lipinski definition) is 8. The molecule has 0 saturated heterocycles. The van der Waals surface area contributed by atoms with E-state index in [9.17, 15) is 63.1 Å². The van der Waals surface area contributed by atoms with Crippen molar-refractivity contribution < 1.29 is 82.0 Å². The van der Waals surface area contributed by atoms with Gasteiger partial charge >= 0.3 is 23.9 Å². The van der Waals surface area contributed by atoms with Gasteiger partial charge in [0.25, 0.3) is 0 Å². The molecule has 250 valence electrons. The smallest absolute Gasteiger partial charge is 0.357 e. The van der Waals surface area contributed by atoms with Gasteiger partial charge in [0.2, 0.25) is 81.9 Å². The zero-order chi connectivity index (χ0) is 35.4. The average Bonchev–Trinajstić information content (AvgIpc) is 3.10. The molecule has 0 aliphatic rings. The fourth-order valence-corrected chi connectivity index (χ4v) is 3.65. The van der Waals surface area contributed by atoms with E-state index in [2.05, 4.69) is 9.47 Å². The maximum Gasteiger partial charge on any atom is 0.357 e. The van der Waals surface area contributed by atoms with Gasteiger partial charge < -0.3 is 18.9 Å². The number of ether oxygens (including phenoxy) is 4. The Morgan fingerprint density at radius 3 is 0.917 bits per heavy atom. The van der Waals surface area contributed by atoms with E-state index in [1.54, 1.807) is 0 Å². The normalized spacial score (nSPS) is 12.1. The van der Waals surface area contributed by atoms with Crippen molar-refractivity contribution in [3.8, 4) is 11.5 Å². The van der Waals surface area contributed by atoms with Crippen LogP contribution in [0.3, 0.4) is 0 Å². The molecule has 0 N–H and O–H groups in total. The van der Waals surface area contributed by atoms with Crippen LogP contribution in [0.4, 0.5) is 43.9 Å². The number of benzene rings is 4. The van der Waals surface area contributed by atoms with E-state index in [1.807, 2.05) is 0 Å². The molecule has 0 heterocycles. The third-order valence-corrected chi connectivity index (χ3v) is 5.97. The Morgan fingerprint density at radius 2 is 0.646 bits per heavy atom. The van der Waals surface area contributed by atoms with Crippen LogP contribution in [0.2, 0.25) is 0 Å². The van der Waals surface area contributed by atoms with Crippen molar-refractivity contribution in [1.82, 2.24) is 0 Å². The molecule has 48 heavy (non-hydrogen) atoms. The van der Waals surface area contributed by atoms with Gasteiger partial charge in [0, 0.05) is 0 Å². The number of hydrogen-bond donors (Lipinski definition) is 0. The van der Waals surface area contributed by atoms with Crippen molar-refractivity contribution in [1.29, 1.82) is 0 Å². The summed E-state index contributed by atoms with van der Waals surface area (Å²) in [4.78, 5) is 52.2. The summed E-state index contributed by atoms with van der Waals surface area (Å²) in [6, 6.07) is 11.7. The van der Waals surface area contributed by atoms with Crippen molar-refractivity contribution >= 4 is 23.9 Å². The van der Waals surface area contributed by atoms with Gasteiger partial charge in [-0.3, -0.25) is 0 Å². The lowest BCUT2D eigenvalue weighted by Crippen LogP contribution is -2.49. The minimum atomic E-state index is -3.21.